The van der Waals surface area contributed by atoms with Crippen LogP contribution in [0.1, 0.15) is 22.0 Å². The lowest BCUT2D eigenvalue weighted by Crippen LogP contribution is -2.32. The van der Waals surface area contributed by atoms with Gasteiger partial charge in [-0.25, -0.2) is 4.99 Å². The summed E-state index contributed by atoms with van der Waals surface area (Å²) in [5, 5.41) is 12.1. The second kappa shape index (κ2) is 10.2. The molecule has 0 radical (unpaired) electrons. The maximum absolute atomic E-state index is 6.68. The zero-order chi connectivity index (χ0) is 32.1. The second-order valence-corrected chi connectivity index (χ2v) is 13.9. The van der Waals surface area contributed by atoms with Crippen LogP contribution in [0.2, 0.25) is 0 Å². The normalized spacial score (nSPS) is 14.6. The molecule has 3 aromatic heterocycles. The first kappa shape index (κ1) is 26.9. The third-order valence-electron chi connectivity index (χ3n) is 10.0. The Hall–Kier alpha value is -6.17. The largest absolute Gasteiger partial charge is 0.456 e. The average molecular weight is 646 g/mol. The Morgan fingerprint density at radius 1 is 0.592 bits per heavy atom. The van der Waals surface area contributed by atoms with Crippen molar-refractivity contribution in [3.8, 4) is 5.69 Å². The standard InChI is InChI=1S/C44H27N3OS/c1-2-11-27(12-3-1)40-43-41(35-15-7-9-17-39(35)49-43)46-44(45-40)28-19-21-32-33-23-20-29(25-38(33)48-37(32)24-28)47-36-16-8-6-14-31(36)34-22-18-26-10-4-5-13-30(26)42(34)47/h1-25,40H,(H,45,46). The molecule has 1 atom stereocenters. The van der Waals surface area contributed by atoms with Gasteiger partial charge in [0, 0.05) is 54.3 Å². The van der Waals surface area contributed by atoms with E-state index >= 15 is 0 Å². The van der Waals surface area contributed by atoms with Gasteiger partial charge >= 0.3 is 0 Å². The molecule has 49 heavy (non-hydrogen) atoms. The van der Waals surface area contributed by atoms with Crippen LogP contribution in [-0.2, 0) is 0 Å². The number of amidine groups is 1. The fraction of sp³-hybridized carbons (Fsp3) is 0.0227. The van der Waals surface area contributed by atoms with Crippen molar-refractivity contribution in [2.75, 3.05) is 0 Å². The van der Waals surface area contributed by atoms with E-state index in [-0.39, 0.29) is 6.04 Å². The molecule has 4 nitrogen and oxygen atoms in total. The average Bonchev–Trinajstić information content (AvgIpc) is 3.83. The van der Waals surface area contributed by atoms with Gasteiger partial charge in [0.05, 0.1) is 27.6 Å². The monoisotopic (exact) mass is 645 g/mol. The van der Waals surface area contributed by atoms with E-state index in [4.69, 9.17) is 9.41 Å². The van der Waals surface area contributed by atoms with Crippen LogP contribution < -0.4 is 5.32 Å². The Kier molecular flexibility index (Phi) is 5.57. The van der Waals surface area contributed by atoms with E-state index in [1.807, 2.05) is 11.3 Å². The van der Waals surface area contributed by atoms with Gasteiger partial charge in [0.2, 0.25) is 0 Å². The van der Waals surface area contributed by atoms with Gasteiger partial charge in [-0.3, -0.25) is 0 Å². The highest BCUT2D eigenvalue weighted by molar-refractivity contribution is 7.19. The van der Waals surface area contributed by atoms with E-state index in [1.54, 1.807) is 0 Å². The highest BCUT2D eigenvalue weighted by Crippen LogP contribution is 2.46. The lowest BCUT2D eigenvalue weighted by Gasteiger charge is -2.25. The third-order valence-corrected chi connectivity index (χ3v) is 11.3. The van der Waals surface area contributed by atoms with Crippen LogP contribution in [0.3, 0.4) is 0 Å². The lowest BCUT2D eigenvalue weighted by molar-refractivity contribution is 0.668. The number of hydrogen-bond donors (Lipinski definition) is 1. The third kappa shape index (κ3) is 3.94. The van der Waals surface area contributed by atoms with Crippen molar-refractivity contribution >= 4 is 87.5 Å². The lowest BCUT2D eigenvalue weighted by atomic mass is 10.0. The minimum atomic E-state index is 0.0114. The molecule has 7 aromatic carbocycles. The summed E-state index contributed by atoms with van der Waals surface area (Å²) in [4.78, 5) is 6.48. The summed E-state index contributed by atoms with van der Waals surface area (Å²) in [6, 6.07) is 54.1. The van der Waals surface area contributed by atoms with Crippen LogP contribution in [-0.4, -0.2) is 10.4 Å². The van der Waals surface area contributed by atoms with Crippen molar-refractivity contribution in [3.05, 3.63) is 168 Å². The number of thiophene rings is 1. The summed E-state index contributed by atoms with van der Waals surface area (Å²) in [6.07, 6.45) is 0. The highest BCUT2D eigenvalue weighted by Gasteiger charge is 2.28. The molecule has 0 saturated carbocycles. The quantitative estimate of drug-likeness (QED) is 0.208. The Bertz CT molecular complexity index is 2980. The predicted molar refractivity (Wildman–Crippen MR) is 205 cm³/mol. The molecule has 0 fully saturated rings. The van der Waals surface area contributed by atoms with Gasteiger partial charge in [0.15, 0.2) is 0 Å². The van der Waals surface area contributed by atoms with Crippen LogP contribution in [0.25, 0.3) is 70.3 Å². The van der Waals surface area contributed by atoms with Crippen molar-refractivity contribution in [2.24, 2.45) is 4.99 Å². The van der Waals surface area contributed by atoms with Crippen molar-refractivity contribution < 1.29 is 4.42 Å². The first-order chi connectivity index (χ1) is 24.3. The van der Waals surface area contributed by atoms with E-state index < -0.39 is 0 Å². The SMILES string of the molecule is c1ccc(C2NC(c3ccc4c(c3)oc3cc(-n5c6ccccc6c6ccc7ccccc7c65)ccc34)=Nc3c2sc2ccccc32)cc1. The fourth-order valence-electron chi connectivity index (χ4n) is 7.79. The molecule has 1 N–H and O–H groups in total. The molecule has 230 valence electrons. The van der Waals surface area contributed by atoms with Gasteiger partial charge in [-0.1, -0.05) is 109 Å². The number of aromatic nitrogens is 1. The second-order valence-electron chi connectivity index (χ2n) is 12.8. The number of fused-ring (bicyclic) bond motifs is 11. The summed E-state index contributed by atoms with van der Waals surface area (Å²) >= 11 is 1.82. The number of para-hydroxylation sites is 1. The minimum absolute atomic E-state index is 0.0114. The molecule has 11 rings (SSSR count). The molecule has 0 bridgehead atoms. The van der Waals surface area contributed by atoms with Crippen LogP contribution in [0, 0.1) is 0 Å². The van der Waals surface area contributed by atoms with E-state index in [2.05, 4.69) is 162 Å². The van der Waals surface area contributed by atoms with Gasteiger partial charge in [0.25, 0.3) is 0 Å². The topological polar surface area (TPSA) is 42.5 Å². The fourth-order valence-corrected chi connectivity index (χ4v) is 9.01. The molecule has 1 unspecified atom stereocenters. The van der Waals surface area contributed by atoms with Crippen LogP contribution in [0.15, 0.2) is 161 Å². The van der Waals surface area contributed by atoms with Crippen LogP contribution >= 0.6 is 11.3 Å². The molecule has 5 heteroatoms. The van der Waals surface area contributed by atoms with Gasteiger partial charge < -0.3 is 14.3 Å². The number of furan rings is 1. The number of nitrogens with zero attached hydrogens (tertiary/aromatic N) is 2. The molecule has 0 spiro atoms. The molecule has 0 amide bonds. The number of benzene rings is 7. The van der Waals surface area contributed by atoms with Crippen molar-refractivity contribution in [1.29, 1.82) is 0 Å². The van der Waals surface area contributed by atoms with Gasteiger partial charge in [-0.05, 0) is 47.3 Å². The summed E-state index contributed by atoms with van der Waals surface area (Å²) in [6.45, 7) is 0. The molecule has 0 saturated heterocycles. The Morgan fingerprint density at radius 3 is 2.20 bits per heavy atom. The molecule has 1 aliphatic heterocycles. The van der Waals surface area contributed by atoms with Gasteiger partial charge in [0.1, 0.15) is 17.0 Å². The van der Waals surface area contributed by atoms with Gasteiger partial charge in [-0.15, -0.1) is 11.3 Å². The summed E-state index contributed by atoms with van der Waals surface area (Å²) in [5.41, 5.74) is 8.46. The van der Waals surface area contributed by atoms with Crippen molar-refractivity contribution in [1.82, 2.24) is 9.88 Å². The van der Waals surface area contributed by atoms with Crippen LogP contribution in [0.5, 0.6) is 0 Å². The first-order valence-corrected chi connectivity index (χ1v) is 17.4. The maximum atomic E-state index is 6.68. The van der Waals surface area contributed by atoms with Crippen molar-refractivity contribution in [2.45, 2.75) is 6.04 Å². The molecular formula is C44H27N3OS. The van der Waals surface area contributed by atoms with Gasteiger partial charge in [-0.2, -0.15) is 0 Å². The molecule has 4 heterocycles. The zero-order valence-electron chi connectivity index (χ0n) is 26.2. The zero-order valence-corrected chi connectivity index (χ0v) is 27.0. The number of aliphatic imine (C=N–C) groups is 1. The minimum Gasteiger partial charge on any atom is -0.456 e. The smallest absolute Gasteiger partial charge is 0.137 e. The Balaban J connectivity index is 1.07. The van der Waals surface area contributed by atoms with E-state index in [1.165, 1.54) is 53.1 Å². The van der Waals surface area contributed by atoms with E-state index in [9.17, 15) is 0 Å². The Morgan fingerprint density at radius 2 is 1.31 bits per heavy atom. The molecule has 0 aliphatic carbocycles. The number of nitrogens with one attached hydrogen (secondary N) is 1. The summed E-state index contributed by atoms with van der Waals surface area (Å²) in [7, 11) is 0. The predicted octanol–water partition coefficient (Wildman–Crippen LogP) is 11.8. The maximum Gasteiger partial charge on any atom is 0.137 e. The Labute approximate surface area is 285 Å². The summed E-state index contributed by atoms with van der Waals surface area (Å²) in [5.74, 6) is 0.852. The highest BCUT2D eigenvalue weighted by atomic mass is 32.1. The van der Waals surface area contributed by atoms with Crippen LogP contribution in [0.4, 0.5) is 5.69 Å². The first-order valence-electron chi connectivity index (χ1n) is 16.6. The number of hydrogen-bond acceptors (Lipinski definition) is 4. The van der Waals surface area contributed by atoms with E-state index in [0.717, 1.165) is 44.7 Å². The molecular weight excluding hydrogens is 619 g/mol. The number of rotatable bonds is 3. The van der Waals surface area contributed by atoms with E-state index in [0.29, 0.717) is 0 Å². The summed E-state index contributed by atoms with van der Waals surface area (Å²) < 4.78 is 10.3. The molecule has 10 aromatic rings. The van der Waals surface area contributed by atoms with Crippen molar-refractivity contribution in [3.63, 3.8) is 0 Å². The molecule has 1 aliphatic rings.